The molecule has 1 unspecified atom stereocenters. The molecule has 4 nitrogen and oxygen atoms in total. The van der Waals surface area contributed by atoms with Gasteiger partial charge in [-0.05, 0) is 47.1 Å². The van der Waals surface area contributed by atoms with Crippen LogP contribution in [0.1, 0.15) is 59.6 Å². The van der Waals surface area contributed by atoms with Gasteiger partial charge in [-0.15, -0.1) is 0 Å². The molecule has 2 N–H and O–H groups in total. The minimum Gasteiger partial charge on any atom is -0.444 e. The Bertz CT molecular complexity index is 524. The van der Waals surface area contributed by atoms with Gasteiger partial charge in [-0.1, -0.05) is 25.1 Å². The van der Waals surface area contributed by atoms with Gasteiger partial charge >= 0.3 is 6.09 Å². The van der Waals surface area contributed by atoms with Crippen molar-refractivity contribution >= 4 is 6.09 Å². The molecule has 1 amide bonds. The highest BCUT2D eigenvalue weighted by atomic mass is 19.1. The van der Waals surface area contributed by atoms with E-state index in [-0.39, 0.29) is 11.9 Å². The molecule has 0 aliphatic heterocycles. The van der Waals surface area contributed by atoms with Crippen molar-refractivity contribution in [1.29, 1.82) is 0 Å². The number of rotatable bonds is 6. The van der Waals surface area contributed by atoms with Gasteiger partial charge in [-0.25, -0.2) is 9.18 Å². The lowest BCUT2D eigenvalue weighted by atomic mass is 10.0. The fourth-order valence-electron chi connectivity index (χ4n) is 2.23. The van der Waals surface area contributed by atoms with Crippen LogP contribution in [0.25, 0.3) is 0 Å². The number of ether oxygens (including phenoxy) is 1. The molecule has 5 heteroatoms. The maximum Gasteiger partial charge on any atom is 0.408 e. The topological polar surface area (TPSA) is 50.4 Å². The summed E-state index contributed by atoms with van der Waals surface area (Å²) in [5.74, 6) is -0.218. The molecule has 0 aliphatic rings. The maximum absolute atomic E-state index is 13.9. The summed E-state index contributed by atoms with van der Waals surface area (Å²) in [4.78, 5) is 11.9. The van der Waals surface area contributed by atoms with Crippen molar-refractivity contribution in [3.8, 4) is 0 Å². The molecule has 0 radical (unpaired) electrons. The Morgan fingerprint density at radius 2 is 1.83 bits per heavy atom. The van der Waals surface area contributed by atoms with Crippen LogP contribution in [0.4, 0.5) is 9.18 Å². The van der Waals surface area contributed by atoms with Gasteiger partial charge in [-0.3, -0.25) is 0 Å². The zero-order valence-corrected chi connectivity index (χ0v) is 15.0. The third kappa shape index (κ3) is 6.99. The Morgan fingerprint density at radius 1 is 1.22 bits per heavy atom. The standard InChI is InChI=1S/C18H29FN2O2/c1-7-15(13-10-8-9-11-14(13)19)20-12-18(5,6)21-16(22)23-17(2,3)4/h8-11,15,20H,7,12H2,1-6H3,(H,21,22). The van der Waals surface area contributed by atoms with E-state index in [2.05, 4.69) is 10.6 Å². The smallest absolute Gasteiger partial charge is 0.408 e. The third-order valence-corrected chi connectivity index (χ3v) is 3.32. The Kier molecular flexibility index (Phi) is 6.57. The number of carbonyl (C=O) groups is 1. The van der Waals surface area contributed by atoms with Gasteiger partial charge in [-0.2, -0.15) is 0 Å². The normalized spacial score (nSPS) is 13.5. The first kappa shape index (κ1) is 19.4. The highest BCUT2D eigenvalue weighted by Gasteiger charge is 2.25. The Labute approximate surface area is 138 Å². The summed E-state index contributed by atoms with van der Waals surface area (Å²) >= 11 is 0. The Balaban J connectivity index is 2.63. The molecule has 0 aliphatic carbocycles. The predicted molar refractivity (Wildman–Crippen MR) is 90.9 cm³/mol. The van der Waals surface area contributed by atoms with Crippen molar-refractivity contribution in [2.24, 2.45) is 0 Å². The third-order valence-electron chi connectivity index (χ3n) is 3.32. The van der Waals surface area contributed by atoms with Crippen LogP contribution in [0, 0.1) is 5.82 Å². The highest BCUT2D eigenvalue weighted by molar-refractivity contribution is 5.68. The largest absolute Gasteiger partial charge is 0.444 e. The average molecular weight is 324 g/mol. The zero-order chi connectivity index (χ0) is 17.7. The Hall–Kier alpha value is -1.62. The van der Waals surface area contributed by atoms with E-state index < -0.39 is 17.2 Å². The maximum atomic E-state index is 13.9. The SMILES string of the molecule is CCC(NCC(C)(C)NC(=O)OC(C)(C)C)c1ccccc1F. The lowest BCUT2D eigenvalue weighted by Crippen LogP contribution is -2.52. The van der Waals surface area contributed by atoms with Crippen LogP contribution in [-0.4, -0.2) is 23.8 Å². The molecule has 0 bridgehead atoms. The van der Waals surface area contributed by atoms with Crippen molar-refractivity contribution in [2.75, 3.05) is 6.54 Å². The number of carbonyl (C=O) groups excluding carboxylic acids is 1. The van der Waals surface area contributed by atoms with Crippen molar-refractivity contribution in [2.45, 2.75) is 65.1 Å². The van der Waals surface area contributed by atoms with Crippen LogP contribution < -0.4 is 10.6 Å². The molecule has 0 spiro atoms. The van der Waals surface area contributed by atoms with Gasteiger partial charge < -0.3 is 15.4 Å². The second kappa shape index (κ2) is 7.77. The van der Waals surface area contributed by atoms with Gasteiger partial charge in [0.1, 0.15) is 11.4 Å². The second-order valence-electron chi connectivity index (χ2n) is 7.37. The zero-order valence-electron chi connectivity index (χ0n) is 15.0. The number of nitrogens with one attached hydrogen (secondary N) is 2. The molecule has 0 saturated carbocycles. The molecular weight excluding hydrogens is 295 g/mol. The van der Waals surface area contributed by atoms with Crippen molar-refractivity contribution in [1.82, 2.24) is 10.6 Å². The fourth-order valence-corrected chi connectivity index (χ4v) is 2.23. The minimum absolute atomic E-state index is 0.101. The van der Waals surface area contributed by atoms with Crippen molar-refractivity contribution < 1.29 is 13.9 Å². The van der Waals surface area contributed by atoms with Crippen LogP contribution in [0.15, 0.2) is 24.3 Å². The van der Waals surface area contributed by atoms with Crippen molar-refractivity contribution in [3.63, 3.8) is 0 Å². The van der Waals surface area contributed by atoms with E-state index in [1.165, 1.54) is 6.07 Å². The average Bonchev–Trinajstić information content (AvgIpc) is 2.38. The highest BCUT2D eigenvalue weighted by Crippen LogP contribution is 2.20. The molecule has 23 heavy (non-hydrogen) atoms. The lowest BCUT2D eigenvalue weighted by molar-refractivity contribution is 0.0470. The fraction of sp³-hybridized carbons (Fsp3) is 0.611. The van der Waals surface area contributed by atoms with E-state index >= 15 is 0 Å². The number of benzene rings is 1. The monoisotopic (exact) mass is 324 g/mol. The van der Waals surface area contributed by atoms with Gasteiger partial charge in [0.2, 0.25) is 0 Å². The molecule has 1 rings (SSSR count). The van der Waals surface area contributed by atoms with Gasteiger partial charge in [0.15, 0.2) is 0 Å². The minimum atomic E-state index is -0.535. The second-order valence-corrected chi connectivity index (χ2v) is 7.37. The van der Waals surface area contributed by atoms with Gasteiger partial charge in [0.25, 0.3) is 0 Å². The molecule has 1 aromatic carbocycles. The summed E-state index contributed by atoms with van der Waals surface area (Å²) in [6, 6.07) is 6.65. The summed E-state index contributed by atoms with van der Waals surface area (Å²) in [5.41, 5.74) is -0.406. The van der Waals surface area contributed by atoms with E-state index in [9.17, 15) is 9.18 Å². The predicted octanol–water partition coefficient (Wildman–Crippen LogP) is 4.17. The van der Waals surface area contributed by atoms with E-state index in [1.54, 1.807) is 12.1 Å². The molecule has 0 heterocycles. The summed E-state index contributed by atoms with van der Waals surface area (Å²) in [7, 11) is 0. The molecule has 130 valence electrons. The van der Waals surface area contributed by atoms with Gasteiger partial charge in [0, 0.05) is 18.2 Å². The number of alkyl carbamates (subject to hydrolysis) is 1. The van der Waals surface area contributed by atoms with Crippen LogP contribution in [0.5, 0.6) is 0 Å². The summed E-state index contributed by atoms with van der Waals surface area (Å²) < 4.78 is 19.2. The first-order valence-corrected chi connectivity index (χ1v) is 8.03. The number of amides is 1. The van der Waals surface area contributed by atoms with Crippen LogP contribution in [0.2, 0.25) is 0 Å². The lowest BCUT2D eigenvalue weighted by Gasteiger charge is -2.31. The molecule has 0 fully saturated rings. The number of hydrogen-bond donors (Lipinski definition) is 2. The first-order chi connectivity index (χ1) is 10.5. The van der Waals surface area contributed by atoms with Crippen LogP contribution in [-0.2, 0) is 4.74 Å². The molecular formula is C18H29FN2O2. The first-order valence-electron chi connectivity index (χ1n) is 8.03. The molecule has 1 atom stereocenters. The van der Waals surface area contributed by atoms with E-state index in [1.807, 2.05) is 47.6 Å². The van der Waals surface area contributed by atoms with Crippen LogP contribution >= 0.6 is 0 Å². The van der Waals surface area contributed by atoms with E-state index in [0.717, 1.165) is 6.42 Å². The van der Waals surface area contributed by atoms with Crippen LogP contribution in [0.3, 0.4) is 0 Å². The van der Waals surface area contributed by atoms with E-state index in [0.29, 0.717) is 12.1 Å². The number of halogens is 1. The van der Waals surface area contributed by atoms with Crippen molar-refractivity contribution in [3.05, 3.63) is 35.6 Å². The molecule has 0 saturated heterocycles. The quantitative estimate of drug-likeness (QED) is 0.826. The summed E-state index contributed by atoms with van der Waals surface area (Å²) in [6.45, 7) is 11.8. The molecule has 0 aromatic heterocycles. The molecule has 1 aromatic rings. The summed E-state index contributed by atoms with van der Waals surface area (Å²) in [5, 5.41) is 6.17. The van der Waals surface area contributed by atoms with Gasteiger partial charge in [0.05, 0.1) is 5.54 Å². The number of hydrogen-bond acceptors (Lipinski definition) is 3. The van der Waals surface area contributed by atoms with E-state index in [4.69, 9.17) is 4.74 Å². The Morgan fingerprint density at radius 3 is 2.35 bits per heavy atom. The summed E-state index contributed by atoms with van der Waals surface area (Å²) in [6.07, 6.45) is 0.298.